The second kappa shape index (κ2) is 5.97. The van der Waals surface area contributed by atoms with Gasteiger partial charge in [0, 0.05) is 31.5 Å². The first kappa shape index (κ1) is 14.9. The van der Waals surface area contributed by atoms with Crippen LogP contribution in [0.2, 0.25) is 0 Å². The second-order valence-corrected chi connectivity index (χ2v) is 5.99. The van der Waals surface area contributed by atoms with E-state index in [1.54, 1.807) is 0 Å². The Morgan fingerprint density at radius 1 is 1.33 bits per heavy atom. The summed E-state index contributed by atoms with van der Waals surface area (Å²) in [4.78, 5) is 4.80. The molecular weight excluding hydrogens is 288 g/mol. The number of hydrogen-bond acceptors (Lipinski definition) is 3. The van der Waals surface area contributed by atoms with E-state index < -0.39 is 0 Å². The van der Waals surface area contributed by atoms with Crippen molar-refractivity contribution < 1.29 is 4.74 Å². The number of hydrogen-bond donors (Lipinski definition) is 0. The van der Waals surface area contributed by atoms with Gasteiger partial charge in [-0.2, -0.15) is 5.10 Å². The summed E-state index contributed by atoms with van der Waals surface area (Å²) in [7, 11) is 0. The zero-order valence-corrected chi connectivity index (χ0v) is 13.7. The van der Waals surface area contributed by atoms with Gasteiger partial charge in [-0.15, -0.1) is 11.6 Å². The molecule has 116 valence electrons. The van der Waals surface area contributed by atoms with Crippen LogP contribution in [-0.4, -0.2) is 37.9 Å². The first-order chi connectivity index (χ1) is 10.2. The molecule has 2 heterocycles. The highest BCUT2D eigenvalue weighted by atomic mass is 35.5. The predicted molar refractivity (Wildman–Crippen MR) is 84.0 cm³/mol. The van der Waals surface area contributed by atoms with Gasteiger partial charge >= 0.3 is 0 Å². The normalized spacial score (nSPS) is 21.9. The molecule has 6 heteroatoms. The Bertz CT molecular complexity index is 627. The fraction of sp³-hybridized carbons (Fsp3) is 0.733. The minimum atomic E-state index is 0.389. The number of aromatic nitrogens is 4. The number of ether oxygens (including phenoxy) is 1. The van der Waals surface area contributed by atoms with Crippen LogP contribution in [-0.2, 0) is 17.7 Å². The number of nitrogens with zero attached hydrogens (tertiary/aromatic N) is 4. The number of alkyl halides is 1. The molecule has 21 heavy (non-hydrogen) atoms. The maximum Gasteiger partial charge on any atom is 0.159 e. The van der Waals surface area contributed by atoms with Gasteiger partial charge in [-0.1, -0.05) is 0 Å². The molecule has 1 saturated carbocycles. The van der Waals surface area contributed by atoms with Gasteiger partial charge in [0.1, 0.15) is 11.3 Å². The molecule has 0 unspecified atom stereocenters. The summed E-state index contributed by atoms with van der Waals surface area (Å²) >= 11 is 5.96. The van der Waals surface area contributed by atoms with Crippen LogP contribution in [0.25, 0.3) is 11.2 Å². The Hall–Kier alpha value is -1.07. The van der Waals surface area contributed by atoms with Gasteiger partial charge in [0.2, 0.25) is 0 Å². The van der Waals surface area contributed by atoms with Crippen molar-refractivity contribution in [2.45, 2.75) is 58.7 Å². The van der Waals surface area contributed by atoms with E-state index in [9.17, 15) is 0 Å². The first-order valence-corrected chi connectivity index (χ1v) is 8.34. The van der Waals surface area contributed by atoms with Crippen LogP contribution in [0, 0.1) is 6.92 Å². The maximum atomic E-state index is 5.96. The van der Waals surface area contributed by atoms with Crippen molar-refractivity contribution in [3.63, 3.8) is 0 Å². The van der Waals surface area contributed by atoms with Crippen LogP contribution in [0.4, 0.5) is 0 Å². The quantitative estimate of drug-likeness (QED) is 0.770. The van der Waals surface area contributed by atoms with Crippen LogP contribution < -0.4 is 0 Å². The highest BCUT2D eigenvalue weighted by molar-refractivity contribution is 6.17. The monoisotopic (exact) mass is 310 g/mol. The van der Waals surface area contributed by atoms with Crippen LogP contribution >= 0.6 is 11.6 Å². The van der Waals surface area contributed by atoms with Gasteiger partial charge in [-0.3, -0.25) is 0 Å². The van der Waals surface area contributed by atoms with Gasteiger partial charge in [-0.25, -0.2) is 9.67 Å². The summed E-state index contributed by atoms with van der Waals surface area (Å²) < 4.78 is 10.1. The smallest absolute Gasteiger partial charge is 0.159 e. The Kier molecular flexibility index (Phi) is 4.22. The van der Waals surface area contributed by atoms with Crippen molar-refractivity contribution in [3.8, 4) is 0 Å². The zero-order chi connectivity index (χ0) is 15.0. The third kappa shape index (κ3) is 2.46. The van der Waals surface area contributed by atoms with Crippen LogP contribution in [0.1, 0.15) is 44.2 Å². The summed E-state index contributed by atoms with van der Waals surface area (Å²) in [5, 5.41) is 4.60. The summed E-state index contributed by atoms with van der Waals surface area (Å²) in [5.74, 6) is 1.68. The van der Waals surface area contributed by atoms with Crippen molar-refractivity contribution in [3.05, 3.63) is 11.5 Å². The molecule has 5 nitrogen and oxygen atoms in total. The Labute approximate surface area is 130 Å². The minimum Gasteiger partial charge on any atom is -0.378 e. The van der Waals surface area contributed by atoms with E-state index >= 15 is 0 Å². The van der Waals surface area contributed by atoms with Crippen molar-refractivity contribution in [2.75, 3.05) is 12.5 Å². The van der Waals surface area contributed by atoms with Gasteiger partial charge in [0.25, 0.3) is 0 Å². The molecule has 1 aliphatic rings. The topological polar surface area (TPSA) is 44.9 Å². The molecule has 1 fully saturated rings. The molecule has 0 aliphatic heterocycles. The molecule has 0 radical (unpaired) electrons. The largest absolute Gasteiger partial charge is 0.378 e. The van der Waals surface area contributed by atoms with Gasteiger partial charge in [0.05, 0.1) is 11.8 Å². The Morgan fingerprint density at radius 3 is 2.71 bits per heavy atom. The SMILES string of the molecule is CCOC1CC(n2c(CCCl)nc3c(C)nn(CC)c32)C1. The van der Waals surface area contributed by atoms with E-state index in [2.05, 4.69) is 28.2 Å². The lowest BCUT2D eigenvalue weighted by Gasteiger charge is -2.36. The van der Waals surface area contributed by atoms with Crippen LogP contribution in [0.5, 0.6) is 0 Å². The standard InChI is InChI=1S/C15H23ClN4O/c1-4-19-15-14(10(3)18-19)17-13(6-7-16)20(15)11-8-12(9-11)21-5-2/h11-12H,4-9H2,1-3H3. The summed E-state index contributed by atoms with van der Waals surface area (Å²) in [6, 6.07) is 0.464. The maximum absolute atomic E-state index is 5.96. The number of aryl methyl sites for hydroxylation is 3. The molecule has 0 aromatic carbocycles. The third-order valence-corrected chi connectivity index (χ3v) is 4.46. The van der Waals surface area contributed by atoms with Crippen molar-refractivity contribution in [2.24, 2.45) is 0 Å². The lowest BCUT2D eigenvalue weighted by Crippen LogP contribution is -2.34. The average Bonchev–Trinajstić information content (AvgIpc) is 2.93. The molecule has 0 N–H and O–H groups in total. The molecular formula is C15H23ClN4O. The third-order valence-electron chi connectivity index (χ3n) is 4.27. The average molecular weight is 311 g/mol. The fourth-order valence-corrected chi connectivity index (χ4v) is 3.39. The lowest BCUT2D eigenvalue weighted by atomic mass is 9.88. The highest BCUT2D eigenvalue weighted by Crippen LogP contribution is 2.38. The molecule has 3 rings (SSSR count). The van der Waals surface area contributed by atoms with Crippen molar-refractivity contribution >= 4 is 22.8 Å². The fourth-order valence-electron chi connectivity index (χ4n) is 3.22. The highest BCUT2D eigenvalue weighted by Gasteiger charge is 2.34. The number of imidazole rings is 1. The number of halogens is 1. The lowest BCUT2D eigenvalue weighted by molar-refractivity contribution is -0.0195. The van der Waals surface area contributed by atoms with Crippen molar-refractivity contribution in [1.82, 2.24) is 19.3 Å². The number of rotatable bonds is 6. The van der Waals surface area contributed by atoms with Gasteiger partial charge < -0.3 is 9.30 Å². The summed E-state index contributed by atoms with van der Waals surface area (Å²) in [5.41, 5.74) is 3.17. The van der Waals surface area contributed by atoms with Crippen LogP contribution in [0.3, 0.4) is 0 Å². The molecule has 0 atom stereocenters. The van der Waals surface area contributed by atoms with E-state index in [-0.39, 0.29) is 0 Å². The predicted octanol–water partition coefficient (Wildman–Crippen LogP) is 3.08. The van der Waals surface area contributed by atoms with E-state index in [1.807, 2.05) is 6.92 Å². The second-order valence-electron chi connectivity index (χ2n) is 5.61. The Morgan fingerprint density at radius 2 is 2.10 bits per heavy atom. The van der Waals surface area contributed by atoms with E-state index in [4.69, 9.17) is 21.3 Å². The minimum absolute atomic E-state index is 0.389. The Balaban J connectivity index is 2.00. The molecule has 0 bridgehead atoms. The summed E-state index contributed by atoms with van der Waals surface area (Å²) in [6.07, 6.45) is 3.31. The molecule has 1 aliphatic carbocycles. The summed E-state index contributed by atoms with van der Waals surface area (Å²) in [6.45, 7) is 7.85. The van der Waals surface area contributed by atoms with E-state index in [1.165, 1.54) is 0 Å². The molecule has 2 aromatic rings. The molecule has 0 amide bonds. The molecule has 0 spiro atoms. The van der Waals surface area contributed by atoms with E-state index in [0.717, 1.165) is 55.1 Å². The van der Waals surface area contributed by atoms with Gasteiger partial charge in [-0.05, 0) is 33.6 Å². The zero-order valence-electron chi connectivity index (χ0n) is 13.0. The molecule has 0 saturated heterocycles. The van der Waals surface area contributed by atoms with Gasteiger partial charge in [0.15, 0.2) is 5.65 Å². The van der Waals surface area contributed by atoms with E-state index in [0.29, 0.717) is 18.0 Å². The first-order valence-electron chi connectivity index (χ1n) is 7.81. The number of fused-ring (bicyclic) bond motifs is 1. The van der Waals surface area contributed by atoms with Crippen molar-refractivity contribution in [1.29, 1.82) is 0 Å². The molecule has 2 aromatic heterocycles. The van der Waals surface area contributed by atoms with Crippen LogP contribution in [0.15, 0.2) is 0 Å².